The van der Waals surface area contributed by atoms with Gasteiger partial charge >= 0.3 is 6.03 Å². The maximum Gasteiger partial charge on any atom is 0.315 e. The zero-order valence-electron chi connectivity index (χ0n) is 15.0. The number of likely N-dealkylation sites (tertiary alicyclic amines) is 1. The Labute approximate surface area is 152 Å². The molecule has 6 nitrogen and oxygen atoms in total. The van der Waals surface area contributed by atoms with E-state index in [1.54, 1.807) is 13.0 Å². The molecule has 1 aliphatic heterocycles. The fourth-order valence-electron chi connectivity index (χ4n) is 3.37. The molecular weight excluding hydrogens is 335 g/mol. The minimum absolute atomic E-state index is 0.0292. The molecule has 26 heavy (non-hydrogen) atoms. The molecule has 1 unspecified atom stereocenters. The van der Waals surface area contributed by atoms with Gasteiger partial charge in [0.1, 0.15) is 11.9 Å². The van der Waals surface area contributed by atoms with Crippen molar-refractivity contribution in [2.24, 2.45) is 0 Å². The number of nitrogens with zero attached hydrogens (tertiary/aromatic N) is 1. The van der Waals surface area contributed by atoms with E-state index in [9.17, 15) is 14.0 Å². The van der Waals surface area contributed by atoms with Crippen molar-refractivity contribution in [3.63, 3.8) is 0 Å². The zero-order chi connectivity index (χ0) is 18.5. The van der Waals surface area contributed by atoms with Crippen LogP contribution in [0.2, 0.25) is 0 Å². The van der Waals surface area contributed by atoms with Gasteiger partial charge in [0.2, 0.25) is 5.91 Å². The van der Waals surface area contributed by atoms with Crippen LogP contribution in [-0.4, -0.2) is 47.5 Å². The van der Waals surface area contributed by atoms with Crippen LogP contribution in [0.25, 0.3) is 10.9 Å². The van der Waals surface area contributed by atoms with Gasteiger partial charge in [0.25, 0.3) is 0 Å². The number of aromatic amines is 1. The van der Waals surface area contributed by atoms with Crippen LogP contribution in [0.5, 0.6) is 0 Å². The highest BCUT2D eigenvalue weighted by Gasteiger charge is 2.23. The molecule has 0 bridgehead atoms. The van der Waals surface area contributed by atoms with E-state index in [0.29, 0.717) is 13.0 Å². The monoisotopic (exact) mass is 360 g/mol. The normalized spacial score (nSPS) is 15.7. The molecule has 1 saturated heterocycles. The smallest absolute Gasteiger partial charge is 0.315 e. The van der Waals surface area contributed by atoms with Gasteiger partial charge in [0, 0.05) is 36.7 Å². The van der Waals surface area contributed by atoms with Gasteiger partial charge in [-0.3, -0.25) is 4.79 Å². The SMILES string of the molecule is CC(NC(=O)NCCc1c[nH]c2cc(F)ccc12)C(=O)N1CCCCC1. The maximum absolute atomic E-state index is 13.2. The van der Waals surface area contributed by atoms with Crippen LogP contribution in [-0.2, 0) is 11.2 Å². The lowest BCUT2D eigenvalue weighted by molar-refractivity contribution is -0.133. The summed E-state index contributed by atoms with van der Waals surface area (Å²) < 4.78 is 13.2. The first-order chi connectivity index (χ1) is 12.5. The van der Waals surface area contributed by atoms with Crippen LogP contribution in [0, 0.1) is 5.82 Å². The van der Waals surface area contributed by atoms with Gasteiger partial charge < -0.3 is 20.5 Å². The molecule has 140 valence electrons. The Morgan fingerprint density at radius 1 is 1.27 bits per heavy atom. The van der Waals surface area contributed by atoms with E-state index in [0.717, 1.165) is 48.8 Å². The average molecular weight is 360 g/mol. The molecule has 1 aromatic carbocycles. The van der Waals surface area contributed by atoms with Crippen molar-refractivity contribution < 1.29 is 14.0 Å². The molecule has 0 radical (unpaired) electrons. The number of carbonyl (C=O) groups excluding carboxylic acids is 2. The summed E-state index contributed by atoms with van der Waals surface area (Å²) in [5.41, 5.74) is 1.75. The summed E-state index contributed by atoms with van der Waals surface area (Å²) in [7, 11) is 0. The number of amides is 3. The molecule has 3 N–H and O–H groups in total. The number of nitrogens with one attached hydrogen (secondary N) is 3. The van der Waals surface area contributed by atoms with Crippen molar-refractivity contribution in [2.45, 2.75) is 38.6 Å². The Bertz CT molecular complexity index is 783. The van der Waals surface area contributed by atoms with Gasteiger partial charge in [-0.1, -0.05) is 0 Å². The highest BCUT2D eigenvalue weighted by molar-refractivity contribution is 5.87. The number of piperidine rings is 1. The summed E-state index contributed by atoms with van der Waals surface area (Å²) in [6, 6.07) is 3.72. The molecule has 0 aliphatic carbocycles. The first-order valence-corrected chi connectivity index (χ1v) is 9.13. The van der Waals surface area contributed by atoms with Crippen LogP contribution < -0.4 is 10.6 Å². The van der Waals surface area contributed by atoms with E-state index >= 15 is 0 Å². The summed E-state index contributed by atoms with van der Waals surface area (Å²) in [6.07, 6.45) is 5.66. The number of hydrogen-bond acceptors (Lipinski definition) is 2. The predicted octanol–water partition coefficient (Wildman–Crippen LogP) is 2.55. The number of benzene rings is 1. The van der Waals surface area contributed by atoms with E-state index in [-0.39, 0.29) is 17.8 Å². The third-order valence-electron chi connectivity index (χ3n) is 4.80. The standard InChI is InChI=1S/C19H25FN4O2/c1-13(18(25)24-9-3-2-4-10-24)23-19(26)21-8-7-14-12-22-17-11-15(20)5-6-16(14)17/h5-6,11-13,22H,2-4,7-10H2,1H3,(H2,21,23,26). The summed E-state index contributed by atoms with van der Waals surface area (Å²) >= 11 is 0. The predicted molar refractivity (Wildman–Crippen MR) is 98.4 cm³/mol. The van der Waals surface area contributed by atoms with E-state index in [1.165, 1.54) is 12.1 Å². The highest BCUT2D eigenvalue weighted by atomic mass is 19.1. The number of hydrogen-bond donors (Lipinski definition) is 3. The largest absolute Gasteiger partial charge is 0.361 e. The lowest BCUT2D eigenvalue weighted by Gasteiger charge is -2.29. The molecule has 2 heterocycles. The number of urea groups is 1. The van der Waals surface area contributed by atoms with Gasteiger partial charge in [-0.05, 0) is 56.4 Å². The van der Waals surface area contributed by atoms with Crippen LogP contribution >= 0.6 is 0 Å². The van der Waals surface area contributed by atoms with Crippen LogP contribution in [0.1, 0.15) is 31.7 Å². The minimum Gasteiger partial charge on any atom is -0.361 e. The van der Waals surface area contributed by atoms with Gasteiger partial charge in [-0.15, -0.1) is 0 Å². The van der Waals surface area contributed by atoms with Gasteiger partial charge in [0.15, 0.2) is 0 Å². The van der Waals surface area contributed by atoms with E-state index < -0.39 is 6.04 Å². The number of fused-ring (bicyclic) bond motifs is 1. The second-order valence-electron chi connectivity index (χ2n) is 6.76. The average Bonchev–Trinajstić information content (AvgIpc) is 3.03. The molecule has 1 fully saturated rings. The number of rotatable bonds is 5. The zero-order valence-corrected chi connectivity index (χ0v) is 15.0. The first kappa shape index (κ1) is 18.2. The second kappa shape index (κ2) is 8.21. The number of halogens is 1. The third-order valence-corrected chi connectivity index (χ3v) is 4.80. The van der Waals surface area contributed by atoms with Crippen LogP contribution in [0.4, 0.5) is 9.18 Å². The fraction of sp³-hybridized carbons (Fsp3) is 0.474. The van der Waals surface area contributed by atoms with Gasteiger partial charge in [-0.2, -0.15) is 0 Å². The van der Waals surface area contributed by atoms with Crippen LogP contribution in [0.15, 0.2) is 24.4 Å². The summed E-state index contributed by atoms with van der Waals surface area (Å²) in [4.78, 5) is 29.2. The number of H-pyrrole nitrogens is 1. The lowest BCUT2D eigenvalue weighted by Crippen LogP contribution is -2.51. The van der Waals surface area contributed by atoms with Crippen molar-refractivity contribution in [3.05, 3.63) is 35.8 Å². The molecule has 1 aliphatic rings. The summed E-state index contributed by atoms with van der Waals surface area (Å²) in [5.74, 6) is -0.311. The number of carbonyl (C=O) groups is 2. The fourth-order valence-corrected chi connectivity index (χ4v) is 3.37. The molecule has 3 amide bonds. The molecule has 0 spiro atoms. The molecule has 2 aromatic rings. The van der Waals surface area contributed by atoms with Crippen LogP contribution in [0.3, 0.4) is 0 Å². The van der Waals surface area contributed by atoms with E-state index in [2.05, 4.69) is 15.6 Å². The quantitative estimate of drug-likeness (QED) is 0.766. The Kier molecular flexibility index (Phi) is 5.75. The second-order valence-corrected chi connectivity index (χ2v) is 6.76. The molecule has 7 heteroatoms. The molecule has 0 saturated carbocycles. The van der Waals surface area contributed by atoms with Crippen molar-refractivity contribution in [1.82, 2.24) is 20.5 Å². The molecule has 1 aromatic heterocycles. The Balaban J connectivity index is 1.45. The van der Waals surface area contributed by atoms with Gasteiger partial charge in [-0.25, -0.2) is 9.18 Å². The molecular formula is C19H25FN4O2. The van der Waals surface area contributed by atoms with Crippen molar-refractivity contribution >= 4 is 22.8 Å². The first-order valence-electron chi connectivity index (χ1n) is 9.13. The molecule has 3 rings (SSSR count). The minimum atomic E-state index is -0.538. The van der Waals surface area contributed by atoms with Crippen molar-refractivity contribution in [1.29, 1.82) is 0 Å². The van der Waals surface area contributed by atoms with Gasteiger partial charge in [0.05, 0.1) is 0 Å². The topological polar surface area (TPSA) is 77.2 Å². The summed E-state index contributed by atoms with van der Waals surface area (Å²) in [5, 5.41) is 6.43. The molecule has 1 atom stereocenters. The van der Waals surface area contributed by atoms with Crippen molar-refractivity contribution in [3.8, 4) is 0 Å². The lowest BCUT2D eigenvalue weighted by atomic mass is 10.1. The summed E-state index contributed by atoms with van der Waals surface area (Å²) in [6.45, 7) is 3.69. The Hall–Kier alpha value is -2.57. The van der Waals surface area contributed by atoms with Crippen molar-refractivity contribution in [2.75, 3.05) is 19.6 Å². The van der Waals surface area contributed by atoms with E-state index in [1.807, 2.05) is 11.1 Å². The Morgan fingerprint density at radius 2 is 2.04 bits per heavy atom. The Morgan fingerprint density at radius 3 is 2.81 bits per heavy atom. The third kappa shape index (κ3) is 4.33. The van der Waals surface area contributed by atoms with E-state index in [4.69, 9.17) is 0 Å². The number of aromatic nitrogens is 1. The highest BCUT2D eigenvalue weighted by Crippen LogP contribution is 2.19. The maximum atomic E-state index is 13.2.